The minimum Gasteiger partial charge on any atom is -0.389 e. The molecule has 4 heteroatoms. The lowest BCUT2D eigenvalue weighted by Crippen LogP contribution is -2.40. The number of aryl methyl sites for hydroxylation is 1. The standard InChI is InChI=1S/C11H17NO2S/c1-7-3-4-15-11(7)8(2)12-9-5-14-6-10(9)13/h3-4,8-10,12-13H,5-6H2,1-2H3. The third-order valence-electron chi connectivity index (χ3n) is 2.81. The van der Waals surface area contributed by atoms with Gasteiger partial charge in [0, 0.05) is 10.9 Å². The average molecular weight is 227 g/mol. The number of ether oxygens (including phenoxy) is 1. The number of hydrogen-bond acceptors (Lipinski definition) is 4. The molecule has 15 heavy (non-hydrogen) atoms. The molecule has 0 radical (unpaired) electrons. The minimum atomic E-state index is -0.368. The highest BCUT2D eigenvalue weighted by molar-refractivity contribution is 7.10. The molecule has 2 N–H and O–H groups in total. The summed E-state index contributed by atoms with van der Waals surface area (Å²) in [7, 11) is 0. The maximum Gasteiger partial charge on any atom is 0.0948 e. The predicted octanol–water partition coefficient (Wildman–Crippen LogP) is 1.47. The van der Waals surface area contributed by atoms with Crippen molar-refractivity contribution in [1.29, 1.82) is 0 Å². The fraction of sp³-hybridized carbons (Fsp3) is 0.636. The van der Waals surface area contributed by atoms with Gasteiger partial charge in [-0.15, -0.1) is 11.3 Å². The molecular weight excluding hydrogens is 210 g/mol. The largest absolute Gasteiger partial charge is 0.389 e. The second-order valence-corrected chi connectivity index (χ2v) is 5.02. The molecule has 0 amide bonds. The number of aliphatic hydroxyl groups excluding tert-OH is 1. The van der Waals surface area contributed by atoms with Crippen molar-refractivity contribution >= 4 is 11.3 Å². The third kappa shape index (κ3) is 2.39. The molecule has 0 aromatic carbocycles. The molecule has 0 aliphatic carbocycles. The van der Waals surface area contributed by atoms with Gasteiger partial charge in [-0.25, -0.2) is 0 Å². The smallest absolute Gasteiger partial charge is 0.0948 e. The predicted molar refractivity (Wildman–Crippen MR) is 61.2 cm³/mol. The SMILES string of the molecule is Cc1ccsc1C(C)NC1COCC1O. The van der Waals surface area contributed by atoms with Crippen molar-refractivity contribution in [2.24, 2.45) is 0 Å². The van der Waals surface area contributed by atoms with E-state index in [1.807, 2.05) is 0 Å². The summed E-state index contributed by atoms with van der Waals surface area (Å²) < 4.78 is 5.21. The van der Waals surface area contributed by atoms with Crippen LogP contribution >= 0.6 is 11.3 Å². The van der Waals surface area contributed by atoms with Gasteiger partial charge in [-0.3, -0.25) is 0 Å². The summed E-state index contributed by atoms with van der Waals surface area (Å²) in [6.45, 7) is 5.30. The number of aliphatic hydroxyl groups is 1. The van der Waals surface area contributed by atoms with Crippen molar-refractivity contribution in [3.63, 3.8) is 0 Å². The van der Waals surface area contributed by atoms with Crippen LogP contribution in [0.1, 0.15) is 23.4 Å². The Labute approximate surface area is 94.1 Å². The molecule has 3 unspecified atom stereocenters. The summed E-state index contributed by atoms with van der Waals surface area (Å²) in [4.78, 5) is 1.34. The Morgan fingerprint density at radius 2 is 2.40 bits per heavy atom. The molecule has 3 nitrogen and oxygen atoms in total. The van der Waals surface area contributed by atoms with E-state index in [2.05, 4.69) is 30.6 Å². The van der Waals surface area contributed by atoms with Gasteiger partial charge >= 0.3 is 0 Å². The third-order valence-corrected chi connectivity index (χ3v) is 4.01. The highest BCUT2D eigenvalue weighted by Crippen LogP contribution is 2.24. The Kier molecular flexibility index (Phi) is 3.41. The molecule has 1 aromatic rings. The zero-order valence-electron chi connectivity index (χ0n) is 9.06. The summed E-state index contributed by atoms with van der Waals surface area (Å²) in [6.07, 6.45) is -0.368. The van der Waals surface area contributed by atoms with E-state index in [0.29, 0.717) is 13.2 Å². The molecule has 0 saturated carbocycles. The lowest BCUT2D eigenvalue weighted by Gasteiger charge is -2.20. The van der Waals surface area contributed by atoms with Crippen molar-refractivity contribution in [2.45, 2.75) is 32.0 Å². The van der Waals surface area contributed by atoms with Gasteiger partial charge in [0.2, 0.25) is 0 Å². The molecule has 2 rings (SSSR count). The lowest BCUT2D eigenvalue weighted by atomic mass is 10.1. The zero-order chi connectivity index (χ0) is 10.8. The van der Waals surface area contributed by atoms with Crippen molar-refractivity contribution in [1.82, 2.24) is 5.32 Å². The summed E-state index contributed by atoms with van der Waals surface area (Å²) in [6, 6.07) is 2.48. The van der Waals surface area contributed by atoms with Crippen LogP contribution in [0, 0.1) is 6.92 Å². The van der Waals surface area contributed by atoms with E-state index in [1.54, 1.807) is 11.3 Å². The van der Waals surface area contributed by atoms with E-state index in [4.69, 9.17) is 4.74 Å². The summed E-state index contributed by atoms with van der Waals surface area (Å²) in [5.41, 5.74) is 1.31. The molecule has 1 aromatic heterocycles. The molecule has 0 spiro atoms. The van der Waals surface area contributed by atoms with Crippen LogP contribution in [0.4, 0.5) is 0 Å². The lowest BCUT2D eigenvalue weighted by molar-refractivity contribution is 0.121. The Bertz CT molecular complexity index is 326. The van der Waals surface area contributed by atoms with Crippen molar-refractivity contribution < 1.29 is 9.84 Å². The van der Waals surface area contributed by atoms with Crippen LogP contribution in [-0.2, 0) is 4.74 Å². The summed E-state index contributed by atoms with van der Waals surface area (Å²) >= 11 is 1.76. The number of nitrogens with one attached hydrogen (secondary N) is 1. The monoisotopic (exact) mass is 227 g/mol. The van der Waals surface area contributed by atoms with Gasteiger partial charge in [-0.2, -0.15) is 0 Å². The van der Waals surface area contributed by atoms with Crippen LogP contribution in [0.25, 0.3) is 0 Å². The van der Waals surface area contributed by atoms with E-state index >= 15 is 0 Å². The Morgan fingerprint density at radius 1 is 1.60 bits per heavy atom. The molecule has 3 atom stereocenters. The topological polar surface area (TPSA) is 41.5 Å². The number of hydrogen-bond donors (Lipinski definition) is 2. The van der Waals surface area contributed by atoms with Crippen LogP contribution in [-0.4, -0.2) is 30.5 Å². The maximum absolute atomic E-state index is 9.62. The van der Waals surface area contributed by atoms with Gasteiger partial charge in [-0.1, -0.05) is 0 Å². The Morgan fingerprint density at radius 3 is 2.93 bits per heavy atom. The van der Waals surface area contributed by atoms with Crippen LogP contribution in [0.2, 0.25) is 0 Å². The fourth-order valence-corrected chi connectivity index (χ4v) is 2.87. The molecule has 2 heterocycles. The molecule has 1 saturated heterocycles. The normalized spacial score (nSPS) is 28.2. The van der Waals surface area contributed by atoms with Gasteiger partial charge in [0.25, 0.3) is 0 Å². The van der Waals surface area contributed by atoms with Crippen LogP contribution in [0.3, 0.4) is 0 Å². The number of rotatable bonds is 3. The van der Waals surface area contributed by atoms with Crippen molar-refractivity contribution in [2.75, 3.05) is 13.2 Å². The molecule has 84 valence electrons. The average Bonchev–Trinajstić information content (AvgIpc) is 2.76. The van der Waals surface area contributed by atoms with E-state index in [1.165, 1.54) is 10.4 Å². The van der Waals surface area contributed by atoms with Gasteiger partial charge in [-0.05, 0) is 30.9 Å². The first-order valence-electron chi connectivity index (χ1n) is 5.24. The fourth-order valence-electron chi connectivity index (χ4n) is 1.93. The van der Waals surface area contributed by atoms with Crippen molar-refractivity contribution in [3.8, 4) is 0 Å². The second kappa shape index (κ2) is 4.61. The van der Waals surface area contributed by atoms with E-state index in [9.17, 15) is 5.11 Å². The summed E-state index contributed by atoms with van der Waals surface area (Å²) in [5, 5.41) is 15.1. The van der Waals surface area contributed by atoms with Crippen molar-refractivity contribution in [3.05, 3.63) is 21.9 Å². The maximum atomic E-state index is 9.62. The molecule has 1 aliphatic heterocycles. The van der Waals surface area contributed by atoms with Crippen LogP contribution in [0.5, 0.6) is 0 Å². The van der Waals surface area contributed by atoms with Gasteiger partial charge in [0.1, 0.15) is 0 Å². The quantitative estimate of drug-likeness (QED) is 0.821. The molecule has 0 bridgehead atoms. The minimum absolute atomic E-state index is 0.0708. The number of thiophene rings is 1. The first kappa shape index (κ1) is 11.1. The van der Waals surface area contributed by atoms with E-state index in [-0.39, 0.29) is 18.2 Å². The van der Waals surface area contributed by atoms with E-state index in [0.717, 1.165) is 0 Å². The van der Waals surface area contributed by atoms with Crippen LogP contribution in [0.15, 0.2) is 11.4 Å². The highest BCUT2D eigenvalue weighted by Gasteiger charge is 2.27. The first-order chi connectivity index (χ1) is 7.18. The molecule has 1 aliphatic rings. The van der Waals surface area contributed by atoms with E-state index < -0.39 is 0 Å². The van der Waals surface area contributed by atoms with Gasteiger partial charge < -0.3 is 15.2 Å². The Balaban J connectivity index is 1.97. The molecular formula is C11H17NO2S. The summed E-state index contributed by atoms with van der Waals surface area (Å²) in [5.74, 6) is 0. The molecule has 1 fully saturated rings. The highest BCUT2D eigenvalue weighted by atomic mass is 32.1. The Hall–Kier alpha value is -0.420. The van der Waals surface area contributed by atoms with Crippen LogP contribution < -0.4 is 5.32 Å². The van der Waals surface area contributed by atoms with Gasteiger partial charge in [0.15, 0.2) is 0 Å². The zero-order valence-corrected chi connectivity index (χ0v) is 9.88. The second-order valence-electron chi connectivity index (χ2n) is 4.07. The van der Waals surface area contributed by atoms with Gasteiger partial charge in [0.05, 0.1) is 25.4 Å². The first-order valence-corrected chi connectivity index (χ1v) is 6.12.